The molecule has 0 saturated carbocycles. The Balaban J connectivity index is 1.58. The second-order valence-corrected chi connectivity index (χ2v) is 13.2. The summed E-state index contributed by atoms with van der Waals surface area (Å²) in [6, 6.07) is 6.58. The monoisotopic (exact) mass is 595 g/mol. The maximum atomic E-state index is 14.0. The van der Waals surface area contributed by atoms with Crippen molar-refractivity contribution in [1.82, 2.24) is 10.2 Å². The summed E-state index contributed by atoms with van der Waals surface area (Å²) < 4.78 is 4.86. The Morgan fingerprint density at radius 3 is 2.54 bits per heavy atom. The molecule has 10 heteroatoms. The standard InChI is InChI=1S/C27H38BrN3O5S/c1-4-36-18-11-9-17(10-12-18)30-24(33)20-21-26(35)31(13-7-5-6-8-14-32)23(25(34)29-16(2)3)27(21)15-19(28)22(20)37-27/h9-12,16,19-23,32H,4-8,13-15H2,1-3H3,(H,29,34)(H,30,33)/t19?,20-,21+,22-,23?,27?/m1/s1. The minimum Gasteiger partial charge on any atom is -0.494 e. The van der Waals surface area contributed by atoms with Crippen LogP contribution in [0.3, 0.4) is 0 Å². The van der Waals surface area contributed by atoms with E-state index in [-0.39, 0.29) is 40.4 Å². The summed E-state index contributed by atoms with van der Waals surface area (Å²) in [4.78, 5) is 43.0. The molecule has 3 heterocycles. The van der Waals surface area contributed by atoms with Crippen LogP contribution in [0.4, 0.5) is 5.69 Å². The lowest BCUT2D eigenvalue weighted by Crippen LogP contribution is -2.55. The van der Waals surface area contributed by atoms with Crippen molar-refractivity contribution in [2.24, 2.45) is 11.8 Å². The summed E-state index contributed by atoms with van der Waals surface area (Å²) in [5.74, 6) is -0.752. The molecule has 0 aromatic heterocycles. The molecular weight excluding hydrogens is 558 g/mol. The number of carbonyl (C=O) groups is 3. The average Bonchev–Trinajstić information content (AvgIpc) is 3.43. The van der Waals surface area contributed by atoms with Crippen LogP contribution < -0.4 is 15.4 Å². The first-order valence-electron chi connectivity index (χ1n) is 13.3. The number of aliphatic hydroxyl groups excluding tert-OH is 1. The largest absolute Gasteiger partial charge is 0.494 e. The normalized spacial score (nSPS) is 30.1. The molecule has 3 unspecified atom stereocenters. The van der Waals surface area contributed by atoms with Gasteiger partial charge in [-0.3, -0.25) is 14.4 Å². The van der Waals surface area contributed by atoms with Crippen LogP contribution in [0, 0.1) is 11.8 Å². The van der Waals surface area contributed by atoms with Gasteiger partial charge < -0.3 is 25.4 Å². The van der Waals surface area contributed by atoms with Crippen molar-refractivity contribution < 1.29 is 24.2 Å². The van der Waals surface area contributed by atoms with E-state index in [1.54, 1.807) is 28.8 Å². The number of carbonyl (C=O) groups excluding carboxylic acids is 3. The van der Waals surface area contributed by atoms with Crippen LogP contribution in [0.2, 0.25) is 0 Å². The molecule has 4 rings (SSSR count). The van der Waals surface area contributed by atoms with Crippen molar-refractivity contribution in [1.29, 1.82) is 0 Å². The lowest BCUT2D eigenvalue weighted by Gasteiger charge is -2.35. The van der Waals surface area contributed by atoms with Crippen LogP contribution in [0.5, 0.6) is 5.75 Å². The number of alkyl halides is 1. The number of unbranched alkanes of at least 4 members (excludes halogenated alkanes) is 3. The summed E-state index contributed by atoms with van der Waals surface area (Å²) in [7, 11) is 0. The van der Waals surface area contributed by atoms with Crippen molar-refractivity contribution in [3.63, 3.8) is 0 Å². The van der Waals surface area contributed by atoms with Crippen LogP contribution in [0.15, 0.2) is 24.3 Å². The second kappa shape index (κ2) is 11.9. The average molecular weight is 597 g/mol. The minimum absolute atomic E-state index is 0.0384. The molecule has 2 bridgehead atoms. The number of hydrogen-bond donors (Lipinski definition) is 3. The predicted octanol–water partition coefficient (Wildman–Crippen LogP) is 3.57. The van der Waals surface area contributed by atoms with Crippen molar-refractivity contribution in [2.45, 2.75) is 79.8 Å². The number of rotatable bonds is 12. The topological polar surface area (TPSA) is 108 Å². The quantitative estimate of drug-likeness (QED) is 0.252. The number of nitrogens with zero attached hydrogens (tertiary/aromatic N) is 1. The van der Waals surface area contributed by atoms with Crippen molar-refractivity contribution in [3.05, 3.63) is 24.3 Å². The summed E-state index contributed by atoms with van der Waals surface area (Å²) in [6.45, 7) is 6.95. The number of amides is 3. The first kappa shape index (κ1) is 28.2. The fraction of sp³-hybridized carbons (Fsp3) is 0.667. The van der Waals surface area contributed by atoms with E-state index in [0.29, 0.717) is 25.3 Å². The fourth-order valence-corrected chi connectivity index (χ4v) is 9.72. The molecule has 37 heavy (non-hydrogen) atoms. The van der Waals surface area contributed by atoms with Gasteiger partial charge in [-0.2, -0.15) is 0 Å². The number of hydrogen-bond acceptors (Lipinski definition) is 6. The highest BCUT2D eigenvalue weighted by Crippen LogP contribution is 2.67. The van der Waals surface area contributed by atoms with Gasteiger partial charge in [0.1, 0.15) is 11.8 Å². The third-order valence-corrected chi connectivity index (χ3v) is 10.7. The zero-order chi connectivity index (χ0) is 26.7. The van der Waals surface area contributed by atoms with Gasteiger partial charge in [0.05, 0.1) is 23.2 Å². The van der Waals surface area contributed by atoms with E-state index in [0.717, 1.165) is 31.4 Å². The zero-order valence-corrected chi connectivity index (χ0v) is 24.1. The van der Waals surface area contributed by atoms with Gasteiger partial charge in [0.15, 0.2) is 0 Å². The Morgan fingerprint density at radius 1 is 1.19 bits per heavy atom. The maximum Gasteiger partial charge on any atom is 0.244 e. The molecule has 8 nitrogen and oxygen atoms in total. The van der Waals surface area contributed by atoms with E-state index in [9.17, 15) is 14.4 Å². The lowest BCUT2D eigenvalue weighted by atomic mass is 9.70. The van der Waals surface area contributed by atoms with Gasteiger partial charge in [-0.05, 0) is 64.3 Å². The van der Waals surface area contributed by atoms with E-state index in [4.69, 9.17) is 9.84 Å². The van der Waals surface area contributed by atoms with E-state index in [1.807, 2.05) is 32.9 Å². The summed E-state index contributed by atoms with van der Waals surface area (Å²) in [6.07, 6.45) is 3.91. The van der Waals surface area contributed by atoms with Gasteiger partial charge in [0, 0.05) is 35.0 Å². The number of anilines is 1. The first-order chi connectivity index (χ1) is 17.7. The smallest absolute Gasteiger partial charge is 0.244 e. The molecule has 3 amide bonds. The van der Waals surface area contributed by atoms with Gasteiger partial charge in [-0.25, -0.2) is 0 Å². The maximum absolute atomic E-state index is 14.0. The highest BCUT2D eigenvalue weighted by molar-refractivity contribution is 9.09. The number of benzene rings is 1. The van der Waals surface area contributed by atoms with Crippen LogP contribution >= 0.6 is 27.7 Å². The number of likely N-dealkylation sites (tertiary alicyclic amines) is 1. The molecule has 3 saturated heterocycles. The Bertz CT molecular complexity index is 993. The number of halogens is 1. The number of ether oxygens (including phenoxy) is 1. The molecular formula is C27H38BrN3O5S. The van der Waals surface area contributed by atoms with Crippen LogP contribution in [-0.2, 0) is 14.4 Å². The van der Waals surface area contributed by atoms with E-state index >= 15 is 0 Å². The third kappa shape index (κ3) is 5.52. The molecule has 0 radical (unpaired) electrons. The Hall–Kier alpha value is -1.78. The molecule has 3 aliphatic heterocycles. The number of nitrogens with one attached hydrogen (secondary N) is 2. The van der Waals surface area contributed by atoms with Gasteiger partial charge in [0.25, 0.3) is 0 Å². The van der Waals surface area contributed by atoms with Crippen molar-refractivity contribution in [3.8, 4) is 5.75 Å². The zero-order valence-electron chi connectivity index (χ0n) is 21.7. The summed E-state index contributed by atoms with van der Waals surface area (Å²) in [5, 5.41) is 15.1. The molecule has 1 spiro atoms. The Labute approximate surface area is 231 Å². The number of fused-ring (bicyclic) bond motifs is 1. The highest BCUT2D eigenvalue weighted by atomic mass is 79.9. The summed E-state index contributed by atoms with van der Waals surface area (Å²) in [5.41, 5.74) is 0.654. The molecule has 204 valence electrons. The number of aliphatic hydroxyl groups is 1. The molecule has 3 aliphatic rings. The molecule has 1 aromatic rings. The molecule has 1 aromatic carbocycles. The molecule has 0 aliphatic carbocycles. The van der Waals surface area contributed by atoms with Gasteiger partial charge in [-0.15, -0.1) is 11.8 Å². The van der Waals surface area contributed by atoms with Gasteiger partial charge in [-0.1, -0.05) is 28.8 Å². The SMILES string of the molecule is CCOc1ccc(NC(=O)[C@H]2[C@@H]3SC4(CC3Br)C(C(=O)NC(C)C)N(CCCCCCO)C(=O)[C@H]24)cc1. The first-order valence-corrected chi connectivity index (χ1v) is 15.1. The molecule has 6 atom stereocenters. The highest BCUT2D eigenvalue weighted by Gasteiger charge is 2.75. The summed E-state index contributed by atoms with van der Waals surface area (Å²) >= 11 is 5.44. The Morgan fingerprint density at radius 2 is 1.89 bits per heavy atom. The van der Waals surface area contributed by atoms with Crippen LogP contribution in [0.25, 0.3) is 0 Å². The van der Waals surface area contributed by atoms with Crippen molar-refractivity contribution >= 4 is 51.1 Å². The van der Waals surface area contributed by atoms with Gasteiger partial charge >= 0.3 is 0 Å². The second-order valence-electron chi connectivity index (χ2n) is 10.4. The van der Waals surface area contributed by atoms with E-state index in [2.05, 4.69) is 26.6 Å². The van der Waals surface area contributed by atoms with E-state index in [1.165, 1.54) is 0 Å². The number of thioether (sulfide) groups is 1. The van der Waals surface area contributed by atoms with Crippen LogP contribution in [0.1, 0.15) is 52.9 Å². The van der Waals surface area contributed by atoms with E-state index < -0.39 is 22.6 Å². The third-order valence-electron chi connectivity index (χ3n) is 7.51. The fourth-order valence-electron chi connectivity index (χ4n) is 6.11. The van der Waals surface area contributed by atoms with Gasteiger partial charge in [0.2, 0.25) is 17.7 Å². The predicted molar refractivity (Wildman–Crippen MR) is 149 cm³/mol. The Kier molecular flexibility index (Phi) is 9.12. The van der Waals surface area contributed by atoms with Crippen LogP contribution in [-0.4, -0.2) is 74.4 Å². The lowest BCUT2D eigenvalue weighted by molar-refractivity contribution is -0.139. The molecule has 3 fully saturated rings. The van der Waals surface area contributed by atoms with Crippen molar-refractivity contribution in [2.75, 3.05) is 25.1 Å². The minimum atomic E-state index is -0.638. The molecule has 3 N–H and O–H groups in total.